The second-order valence-electron chi connectivity index (χ2n) is 4.36. The van der Waals surface area contributed by atoms with Crippen molar-refractivity contribution in [3.8, 4) is 0 Å². The Kier molecular flexibility index (Phi) is 4.03. The van der Waals surface area contributed by atoms with Crippen molar-refractivity contribution in [3.63, 3.8) is 0 Å². The summed E-state index contributed by atoms with van der Waals surface area (Å²) in [6, 6.07) is 7.52. The van der Waals surface area contributed by atoms with E-state index in [-0.39, 0.29) is 11.8 Å². The highest BCUT2D eigenvalue weighted by molar-refractivity contribution is 9.10. The van der Waals surface area contributed by atoms with E-state index in [1.807, 2.05) is 24.3 Å². The maximum absolute atomic E-state index is 11.9. The van der Waals surface area contributed by atoms with E-state index in [1.54, 1.807) is 6.92 Å². The molecule has 0 amide bonds. The molecule has 0 bridgehead atoms. The predicted molar refractivity (Wildman–Crippen MR) is 82.0 cm³/mol. The monoisotopic (exact) mass is 339 g/mol. The van der Waals surface area contributed by atoms with Crippen molar-refractivity contribution < 1.29 is 4.79 Å². The van der Waals surface area contributed by atoms with Crippen molar-refractivity contribution in [1.29, 1.82) is 0 Å². The third kappa shape index (κ3) is 2.70. The van der Waals surface area contributed by atoms with Crippen LogP contribution in [-0.4, -0.2) is 15.9 Å². The van der Waals surface area contributed by atoms with Crippen molar-refractivity contribution in [1.82, 2.24) is 10.3 Å². The molecule has 1 atom stereocenters. The first-order chi connectivity index (χ1) is 8.91. The standard InChI is InChI=1S/C13H14BrN3OS/c1-7-11(8(2)18)12(16-13(19)17(7)15)9-3-5-10(14)6-4-9/h3-6,12H,15H2,1-2H3,(H,16,19)/t12-/m1/s1. The number of Topliss-reactive ketones (excluding diaryl/α,β-unsaturated/α-hetero) is 1. The zero-order valence-electron chi connectivity index (χ0n) is 10.6. The number of benzene rings is 1. The van der Waals surface area contributed by atoms with E-state index < -0.39 is 0 Å². The van der Waals surface area contributed by atoms with E-state index in [9.17, 15) is 4.79 Å². The highest BCUT2D eigenvalue weighted by Crippen LogP contribution is 2.30. The van der Waals surface area contributed by atoms with Gasteiger partial charge in [-0.05, 0) is 43.8 Å². The highest BCUT2D eigenvalue weighted by Gasteiger charge is 2.30. The van der Waals surface area contributed by atoms with Crippen LogP contribution in [0.5, 0.6) is 0 Å². The molecule has 0 spiro atoms. The van der Waals surface area contributed by atoms with Crippen molar-refractivity contribution in [2.45, 2.75) is 19.9 Å². The summed E-state index contributed by atoms with van der Waals surface area (Å²) in [6.45, 7) is 3.34. The fourth-order valence-electron chi connectivity index (χ4n) is 2.12. The molecule has 19 heavy (non-hydrogen) atoms. The minimum absolute atomic E-state index is 0.0177. The summed E-state index contributed by atoms with van der Waals surface area (Å²) in [7, 11) is 0. The average molecular weight is 340 g/mol. The summed E-state index contributed by atoms with van der Waals surface area (Å²) >= 11 is 8.58. The van der Waals surface area contributed by atoms with Gasteiger partial charge in [-0.15, -0.1) is 0 Å². The third-order valence-electron chi connectivity index (χ3n) is 3.11. The molecule has 100 valence electrons. The number of carbonyl (C=O) groups excluding carboxylic acids is 1. The number of thiocarbonyl (C=S) groups is 1. The number of hydrogen-bond donors (Lipinski definition) is 2. The van der Waals surface area contributed by atoms with Crippen molar-refractivity contribution in [2.75, 3.05) is 0 Å². The molecule has 0 aromatic heterocycles. The normalized spacial score (nSPS) is 19.5. The maximum atomic E-state index is 11.9. The summed E-state index contributed by atoms with van der Waals surface area (Å²) in [5.74, 6) is 5.81. The van der Waals surface area contributed by atoms with Gasteiger partial charge in [-0.1, -0.05) is 28.1 Å². The van der Waals surface area contributed by atoms with Gasteiger partial charge in [-0.25, -0.2) is 5.84 Å². The summed E-state index contributed by atoms with van der Waals surface area (Å²) in [5, 5.41) is 4.85. The molecule has 1 aliphatic rings. The number of halogens is 1. The van der Waals surface area contributed by atoms with Crippen LogP contribution >= 0.6 is 28.1 Å². The molecule has 1 aromatic rings. The predicted octanol–water partition coefficient (Wildman–Crippen LogP) is 2.42. The van der Waals surface area contributed by atoms with Crippen molar-refractivity contribution in [2.24, 2.45) is 5.84 Å². The SMILES string of the molecule is CC(=O)C1=C(C)N(N)C(=S)N[C@@H]1c1ccc(Br)cc1. The number of hydrogen-bond acceptors (Lipinski definition) is 3. The molecule has 0 saturated carbocycles. The maximum Gasteiger partial charge on any atom is 0.188 e. The summed E-state index contributed by atoms with van der Waals surface area (Å²) in [5.41, 5.74) is 2.30. The Labute approximate surface area is 125 Å². The van der Waals surface area contributed by atoms with Crippen LogP contribution in [0.15, 0.2) is 40.0 Å². The van der Waals surface area contributed by atoms with Crippen LogP contribution in [0, 0.1) is 0 Å². The third-order valence-corrected chi connectivity index (χ3v) is 3.95. The molecule has 4 nitrogen and oxygen atoms in total. The van der Waals surface area contributed by atoms with Gasteiger partial charge in [0, 0.05) is 15.7 Å². The topological polar surface area (TPSA) is 58.4 Å². The Bertz CT molecular complexity index is 568. The molecule has 1 aromatic carbocycles. The molecule has 3 N–H and O–H groups in total. The first-order valence-electron chi connectivity index (χ1n) is 5.74. The Hall–Kier alpha value is -1.24. The number of allylic oxidation sites excluding steroid dienone is 1. The second-order valence-corrected chi connectivity index (χ2v) is 5.66. The lowest BCUT2D eigenvalue weighted by Gasteiger charge is -2.34. The van der Waals surface area contributed by atoms with Crippen LogP contribution in [-0.2, 0) is 4.79 Å². The minimum atomic E-state index is -0.252. The van der Waals surface area contributed by atoms with Crippen molar-refractivity contribution >= 4 is 39.0 Å². The highest BCUT2D eigenvalue weighted by atomic mass is 79.9. The fourth-order valence-corrected chi connectivity index (χ4v) is 2.64. The van der Waals surface area contributed by atoms with Crippen LogP contribution in [0.2, 0.25) is 0 Å². The lowest BCUT2D eigenvalue weighted by atomic mass is 9.93. The number of nitrogens with one attached hydrogen (secondary N) is 1. The van der Waals surface area contributed by atoms with E-state index in [0.717, 1.165) is 10.0 Å². The lowest BCUT2D eigenvalue weighted by molar-refractivity contribution is -0.114. The smallest absolute Gasteiger partial charge is 0.188 e. The molecular formula is C13H14BrN3OS. The molecule has 6 heteroatoms. The van der Waals surface area contributed by atoms with Gasteiger partial charge >= 0.3 is 0 Å². The van der Waals surface area contributed by atoms with Crippen LogP contribution in [0.1, 0.15) is 25.5 Å². The van der Waals surface area contributed by atoms with E-state index in [0.29, 0.717) is 16.4 Å². The number of nitrogens with two attached hydrogens (primary N) is 1. The Morgan fingerprint density at radius 3 is 2.53 bits per heavy atom. The number of nitrogens with zero attached hydrogens (tertiary/aromatic N) is 1. The summed E-state index contributed by atoms with van der Waals surface area (Å²) < 4.78 is 0.986. The number of carbonyl (C=O) groups is 1. The Morgan fingerprint density at radius 1 is 1.42 bits per heavy atom. The number of rotatable bonds is 2. The second kappa shape index (κ2) is 5.40. The Balaban J connectivity index is 2.51. The van der Waals surface area contributed by atoms with Crippen LogP contribution in [0.4, 0.5) is 0 Å². The Morgan fingerprint density at radius 2 is 2.00 bits per heavy atom. The van der Waals surface area contributed by atoms with Gasteiger partial charge in [0.2, 0.25) is 0 Å². The summed E-state index contributed by atoms with van der Waals surface area (Å²) in [6.07, 6.45) is 0. The molecule has 0 fully saturated rings. The molecular weight excluding hydrogens is 326 g/mol. The van der Waals surface area contributed by atoms with E-state index >= 15 is 0 Å². The van der Waals surface area contributed by atoms with Gasteiger partial charge in [0.15, 0.2) is 10.9 Å². The zero-order chi connectivity index (χ0) is 14.2. The van der Waals surface area contributed by atoms with Gasteiger partial charge in [0.1, 0.15) is 0 Å². The number of ketones is 1. The van der Waals surface area contributed by atoms with E-state index in [2.05, 4.69) is 21.2 Å². The molecule has 2 rings (SSSR count). The van der Waals surface area contributed by atoms with Gasteiger partial charge < -0.3 is 5.32 Å². The molecule has 0 radical (unpaired) electrons. The quantitative estimate of drug-likeness (QED) is 0.640. The summed E-state index contributed by atoms with van der Waals surface area (Å²) in [4.78, 5) is 11.9. The van der Waals surface area contributed by atoms with Crippen LogP contribution in [0.3, 0.4) is 0 Å². The minimum Gasteiger partial charge on any atom is -0.350 e. The number of hydrazine groups is 1. The van der Waals surface area contributed by atoms with Crippen LogP contribution in [0.25, 0.3) is 0 Å². The van der Waals surface area contributed by atoms with Gasteiger partial charge in [-0.2, -0.15) is 0 Å². The van der Waals surface area contributed by atoms with E-state index in [4.69, 9.17) is 18.1 Å². The first-order valence-corrected chi connectivity index (χ1v) is 6.94. The molecule has 0 aliphatic carbocycles. The molecule has 1 heterocycles. The zero-order valence-corrected chi connectivity index (χ0v) is 13.0. The largest absolute Gasteiger partial charge is 0.350 e. The van der Waals surface area contributed by atoms with E-state index in [1.165, 1.54) is 11.9 Å². The molecule has 0 saturated heterocycles. The van der Waals surface area contributed by atoms with Gasteiger partial charge in [0.25, 0.3) is 0 Å². The molecule has 1 aliphatic heterocycles. The first kappa shape index (κ1) is 14.2. The molecule has 0 unspecified atom stereocenters. The lowest BCUT2D eigenvalue weighted by Crippen LogP contribution is -2.50. The van der Waals surface area contributed by atoms with Gasteiger partial charge in [-0.3, -0.25) is 9.80 Å². The van der Waals surface area contributed by atoms with Crippen LogP contribution < -0.4 is 11.2 Å². The average Bonchev–Trinajstić information content (AvgIpc) is 2.36. The van der Waals surface area contributed by atoms with Crippen molar-refractivity contribution in [3.05, 3.63) is 45.6 Å². The fraction of sp³-hybridized carbons (Fsp3) is 0.231. The van der Waals surface area contributed by atoms with Gasteiger partial charge in [0.05, 0.1) is 6.04 Å².